The molecular weight excluding hydrogens is 449 g/mol. The number of primary amides is 1. The van der Waals surface area contributed by atoms with E-state index < -0.39 is 5.91 Å². The molecule has 0 radical (unpaired) electrons. The Morgan fingerprint density at radius 2 is 1.92 bits per heavy atom. The summed E-state index contributed by atoms with van der Waals surface area (Å²) >= 11 is 2.07. The summed E-state index contributed by atoms with van der Waals surface area (Å²) in [5.74, 6) is -0.584. The van der Waals surface area contributed by atoms with E-state index in [0.717, 1.165) is 20.6 Å². The van der Waals surface area contributed by atoms with Gasteiger partial charge < -0.3 is 10.5 Å². The number of benzene rings is 1. The molecule has 0 unspecified atom stereocenters. The average molecular weight is 465 g/mol. The highest BCUT2D eigenvalue weighted by Crippen LogP contribution is 2.52. The number of carbonyl (C=O) groups excluding carboxylic acids is 3. The molecule has 2 N–H and O–H groups in total. The van der Waals surface area contributed by atoms with E-state index >= 15 is 0 Å². The van der Waals surface area contributed by atoms with E-state index in [2.05, 4.69) is 39.8 Å². The largest absolute Gasteiger partial charge is 0.483 e. The fourth-order valence-electron chi connectivity index (χ4n) is 3.99. The van der Waals surface area contributed by atoms with Crippen molar-refractivity contribution in [3.8, 4) is 5.75 Å². The zero-order valence-electron chi connectivity index (χ0n) is 13.7. The Balaban J connectivity index is 1.49. The summed E-state index contributed by atoms with van der Waals surface area (Å²) in [6, 6.07) is 5.22. The van der Waals surface area contributed by atoms with Crippen molar-refractivity contribution in [1.82, 2.24) is 5.01 Å². The number of carbonyl (C=O) groups is 3. The second kappa shape index (κ2) is 6.49. The van der Waals surface area contributed by atoms with Crippen LogP contribution in [0.2, 0.25) is 0 Å². The molecule has 1 saturated carbocycles. The maximum absolute atomic E-state index is 12.6. The molecule has 1 aromatic carbocycles. The maximum Gasteiger partial charge on any atom is 0.255 e. The summed E-state index contributed by atoms with van der Waals surface area (Å²) in [6.45, 7) is -0.195. The second-order valence-corrected chi connectivity index (χ2v) is 7.84. The number of imide groups is 1. The first kappa shape index (κ1) is 17.2. The molecule has 1 heterocycles. The minimum absolute atomic E-state index is 0.171. The molecule has 3 amide bonds. The fourth-order valence-corrected chi connectivity index (χ4v) is 4.68. The van der Waals surface area contributed by atoms with Crippen LogP contribution in [0, 0.1) is 27.2 Å². The molecular formula is C18H16IN3O4. The molecule has 2 aliphatic carbocycles. The van der Waals surface area contributed by atoms with Gasteiger partial charge in [0.25, 0.3) is 17.7 Å². The minimum atomic E-state index is -0.550. The summed E-state index contributed by atoms with van der Waals surface area (Å²) in [5.41, 5.74) is 5.79. The van der Waals surface area contributed by atoms with Crippen LogP contribution >= 0.6 is 22.6 Å². The number of hydrazone groups is 1. The van der Waals surface area contributed by atoms with Gasteiger partial charge in [-0.25, -0.2) is 0 Å². The normalized spacial score (nSPS) is 29.0. The van der Waals surface area contributed by atoms with Gasteiger partial charge in [-0.05, 0) is 64.6 Å². The highest BCUT2D eigenvalue weighted by Gasteiger charge is 2.59. The lowest BCUT2D eigenvalue weighted by Crippen LogP contribution is -2.28. The number of nitrogens with zero attached hydrogens (tertiary/aromatic N) is 2. The Hall–Kier alpha value is -2.23. The van der Waals surface area contributed by atoms with Crippen LogP contribution in [0.25, 0.3) is 0 Å². The van der Waals surface area contributed by atoms with E-state index in [9.17, 15) is 14.4 Å². The van der Waals surface area contributed by atoms with Crippen LogP contribution < -0.4 is 10.5 Å². The summed E-state index contributed by atoms with van der Waals surface area (Å²) in [5, 5.41) is 5.16. The third-order valence-electron chi connectivity index (χ3n) is 5.10. The minimum Gasteiger partial charge on any atom is -0.483 e. The molecule has 1 aromatic rings. The number of ether oxygens (including phenoxy) is 1. The van der Waals surface area contributed by atoms with Crippen molar-refractivity contribution in [2.75, 3.05) is 6.61 Å². The van der Waals surface area contributed by atoms with Crippen molar-refractivity contribution >= 4 is 46.5 Å². The lowest BCUT2D eigenvalue weighted by atomic mass is 9.85. The summed E-state index contributed by atoms with van der Waals surface area (Å²) in [4.78, 5) is 35.9. The van der Waals surface area contributed by atoms with Crippen LogP contribution in [-0.4, -0.2) is 35.6 Å². The molecule has 1 aliphatic heterocycles. The number of hydrogen-bond donors (Lipinski definition) is 1. The lowest BCUT2D eigenvalue weighted by molar-refractivity contribution is -0.140. The molecule has 2 fully saturated rings. The molecule has 134 valence electrons. The lowest BCUT2D eigenvalue weighted by Gasteiger charge is -2.13. The Bertz CT molecular complexity index is 836. The number of fused-ring (bicyclic) bond motifs is 5. The number of hydrogen-bond acceptors (Lipinski definition) is 5. The van der Waals surface area contributed by atoms with E-state index in [1.165, 1.54) is 6.21 Å². The molecule has 26 heavy (non-hydrogen) atoms. The van der Waals surface area contributed by atoms with Crippen molar-refractivity contribution < 1.29 is 19.1 Å². The van der Waals surface area contributed by atoms with Crippen LogP contribution in [0.3, 0.4) is 0 Å². The number of allylic oxidation sites excluding steroid dienone is 2. The summed E-state index contributed by atoms with van der Waals surface area (Å²) in [7, 11) is 0. The Morgan fingerprint density at radius 1 is 1.27 bits per heavy atom. The maximum atomic E-state index is 12.6. The molecule has 8 heteroatoms. The van der Waals surface area contributed by atoms with Gasteiger partial charge in [0.1, 0.15) is 5.75 Å². The van der Waals surface area contributed by atoms with Crippen LogP contribution in [0.1, 0.15) is 12.0 Å². The molecule has 7 nitrogen and oxygen atoms in total. The van der Waals surface area contributed by atoms with E-state index in [1.54, 1.807) is 18.2 Å². The topological polar surface area (TPSA) is 102 Å². The molecule has 1 saturated heterocycles. The fraction of sp³-hybridized carbons (Fsp3) is 0.333. The second-order valence-electron chi connectivity index (χ2n) is 6.68. The van der Waals surface area contributed by atoms with E-state index in [0.29, 0.717) is 5.75 Å². The number of nitrogens with two attached hydrogens (primary N) is 1. The summed E-state index contributed by atoms with van der Waals surface area (Å²) in [6.07, 6.45) is 6.50. The van der Waals surface area contributed by atoms with Crippen molar-refractivity contribution in [2.45, 2.75) is 6.42 Å². The average Bonchev–Trinajstić information content (AvgIpc) is 3.27. The van der Waals surface area contributed by atoms with Crippen LogP contribution in [0.4, 0.5) is 0 Å². The third kappa shape index (κ3) is 2.81. The van der Waals surface area contributed by atoms with Crippen molar-refractivity contribution in [1.29, 1.82) is 0 Å². The molecule has 2 bridgehead atoms. The molecule has 4 atom stereocenters. The number of amides is 3. The van der Waals surface area contributed by atoms with Gasteiger partial charge in [0.05, 0.1) is 21.6 Å². The van der Waals surface area contributed by atoms with Crippen molar-refractivity contribution in [3.05, 3.63) is 39.5 Å². The van der Waals surface area contributed by atoms with Crippen molar-refractivity contribution in [3.63, 3.8) is 0 Å². The highest BCUT2D eigenvalue weighted by molar-refractivity contribution is 14.1. The van der Waals surface area contributed by atoms with Crippen molar-refractivity contribution in [2.24, 2.45) is 34.5 Å². The first-order valence-electron chi connectivity index (χ1n) is 8.26. The van der Waals surface area contributed by atoms with Gasteiger partial charge in [-0.1, -0.05) is 12.2 Å². The predicted octanol–water partition coefficient (Wildman–Crippen LogP) is 1.30. The standard InChI is InChI=1S/C18H16IN3O4/c19-12-5-9(1-4-13(12)26-8-14(20)23)7-21-22-17(24)15-10-2-3-11(6-10)16(15)18(22)25/h1-5,7,10-11,15-16H,6,8H2,(H2,20,23)/t10-,11-,15-,16+/m0/s1. The van der Waals surface area contributed by atoms with Gasteiger partial charge in [0, 0.05) is 0 Å². The summed E-state index contributed by atoms with van der Waals surface area (Å²) < 4.78 is 6.06. The van der Waals surface area contributed by atoms with Gasteiger partial charge in [-0.3, -0.25) is 14.4 Å². The predicted molar refractivity (Wildman–Crippen MR) is 101 cm³/mol. The monoisotopic (exact) mass is 465 g/mol. The van der Waals surface area contributed by atoms with E-state index in [1.807, 2.05) is 0 Å². The first-order chi connectivity index (χ1) is 12.5. The number of halogens is 1. The van der Waals surface area contributed by atoms with Crippen LogP contribution in [0.15, 0.2) is 35.5 Å². The van der Waals surface area contributed by atoms with Gasteiger partial charge in [-0.15, -0.1) is 0 Å². The molecule has 0 aromatic heterocycles. The zero-order valence-corrected chi connectivity index (χ0v) is 15.8. The quantitative estimate of drug-likeness (QED) is 0.307. The zero-order chi connectivity index (χ0) is 18.4. The highest BCUT2D eigenvalue weighted by atomic mass is 127. The van der Waals surface area contributed by atoms with Gasteiger partial charge >= 0.3 is 0 Å². The SMILES string of the molecule is NC(=O)COc1ccc(C=NN2C(=O)[C@@H]3[C@H](C2=O)[C@H]2C=C[C@H]3C2)cc1I. The third-order valence-corrected chi connectivity index (χ3v) is 5.94. The van der Waals surface area contributed by atoms with Crippen LogP contribution in [-0.2, 0) is 14.4 Å². The smallest absolute Gasteiger partial charge is 0.255 e. The van der Waals surface area contributed by atoms with Gasteiger partial charge in [-0.2, -0.15) is 10.1 Å². The Kier molecular flexibility index (Phi) is 4.29. The first-order valence-corrected chi connectivity index (χ1v) is 9.34. The van der Waals surface area contributed by atoms with E-state index in [4.69, 9.17) is 10.5 Å². The Labute approximate surface area is 163 Å². The van der Waals surface area contributed by atoms with Crippen LogP contribution in [0.5, 0.6) is 5.75 Å². The molecule has 0 spiro atoms. The van der Waals surface area contributed by atoms with Gasteiger partial charge in [0.15, 0.2) is 6.61 Å². The molecule has 4 rings (SSSR count). The Morgan fingerprint density at radius 3 is 2.50 bits per heavy atom. The number of rotatable bonds is 5. The van der Waals surface area contributed by atoms with Gasteiger partial charge in [0.2, 0.25) is 0 Å². The molecule has 3 aliphatic rings. The van der Waals surface area contributed by atoms with E-state index in [-0.39, 0.29) is 42.1 Å².